The highest BCUT2D eigenvalue weighted by atomic mass is 15.3. The molecule has 1 saturated carbocycles. The Kier molecular flexibility index (Phi) is 4.80. The predicted molar refractivity (Wildman–Crippen MR) is 76.7 cm³/mol. The smallest absolute Gasteiger partial charge is 0.119 e. The van der Waals surface area contributed by atoms with Crippen molar-refractivity contribution in [3.63, 3.8) is 0 Å². The molecule has 2 aliphatic rings. The van der Waals surface area contributed by atoms with E-state index in [-0.39, 0.29) is 0 Å². The average molecular weight is 265 g/mol. The van der Waals surface area contributed by atoms with Crippen molar-refractivity contribution in [3.8, 4) is 6.07 Å². The van der Waals surface area contributed by atoms with Crippen molar-refractivity contribution < 1.29 is 0 Å². The zero-order valence-corrected chi connectivity index (χ0v) is 12.3. The third kappa shape index (κ3) is 4.15. The fraction of sp³-hybridized carbons (Fsp3) is 0.929. The van der Waals surface area contributed by atoms with Gasteiger partial charge in [-0.1, -0.05) is 0 Å². The van der Waals surface area contributed by atoms with Crippen LogP contribution in [0.4, 0.5) is 0 Å². The minimum atomic E-state index is -0.605. The highest BCUT2D eigenvalue weighted by Gasteiger charge is 2.43. The molecule has 0 radical (unpaired) electrons. The number of hydrogen-bond acceptors (Lipinski definition) is 5. The van der Waals surface area contributed by atoms with E-state index in [1.807, 2.05) is 0 Å². The summed E-state index contributed by atoms with van der Waals surface area (Å²) in [6.45, 7) is 7.27. The number of nitriles is 1. The third-order valence-corrected chi connectivity index (χ3v) is 4.33. The van der Waals surface area contributed by atoms with E-state index in [1.54, 1.807) is 0 Å². The zero-order valence-electron chi connectivity index (χ0n) is 12.3. The van der Waals surface area contributed by atoms with Crippen LogP contribution in [0.5, 0.6) is 0 Å². The second-order valence-corrected chi connectivity index (χ2v) is 6.35. The van der Waals surface area contributed by atoms with Crippen LogP contribution in [0, 0.1) is 17.2 Å². The molecule has 1 aliphatic heterocycles. The molecule has 2 N–H and O–H groups in total. The van der Waals surface area contributed by atoms with E-state index in [9.17, 15) is 5.26 Å². The summed E-state index contributed by atoms with van der Waals surface area (Å²) in [4.78, 5) is 7.09. The van der Waals surface area contributed by atoms with Gasteiger partial charge in [-0.25, -0.2) is 0 Å². The first-order valence-corrected chi connectivity index (χ1v) is 7.33. The van der Waals surface area contributed by atoms with Crippen molar-refractivity contribution >= 4 is 0 Å². The van der Waals surface area contributed by atoms with Crippen LogP contribution in [0.1, 0.15) is 12.8 Å². The van der Waals surface area contributed by atoms with Crippen molar-refractivity contribution in [3.05, 3.63) is 0 Å². The quantitative estimate of drug-likeness (QED) is 0.720. The lowest BCUT2D eigenvalue weighted by Gasteiger charge is -2.38. The van der Waals surface area contributed by atoms with Gasteiger partial charge < -0.3 is 10.6 Å². The van der Waals surface area contributed by atoms with Gasteiger partial charge in [-0.2, -0.15) is 5.26 Å². The van der Waals surface area contributed by atoms with Crippen molar-refractivity contribution in [1.82, 2.24) is 14.7 Å². The second-order valence-electron chi connectivity index (χ2n) is 6.35. The van der Waals surface area contributed by atoms with Gasteiger partial charge in [0.1, 0.15) is 5.54 Å². The van der Waals surface area contributed by atoms with Crippen molar-refractivity contribution in [2.45, 2.75) is 18.4 Å². The van der Waals surface area contributed by atoms with E-state index in [2.05, 4.69) is 34.9 Å². The summed E-state index contributed by atoms with van der Waals surface area (Å²) in [5.41, 5.74) is 5.64. The molecule has 0 bridgehead atoms. The number of piperazine rings is 1. The Bertz CT molecular complexity index is 325. The molecule has 0 spiro atoms. The summed E-state index contributed by atoms with van der Waals surface area (Å²) >= 11 is 0. The molecule has 108 valence electrons. The predicted octanol–water partition coefficient (Wildman–Crippen LogP) is -0.203. The lowest BCUT2D eigenvalue weighted by molar-refractivity contribution is 0.110. The summed E-state index contributed by atoms with van der Waals surface area (Å²) in [7, 11) is 4.23. The molecule has 1 unspecified atom stereocenters. The Morgan fingerprint density at radius 3 is 2.26 bits per heavy atom. The van der Waals surface area contributed by atoms with Gasteiger partial charge in [-0.15, -0.1) is 0 Å². The lowest BCUT2D eigenvalue weighted by atomic mass is 9.95. The van der Waals surface area contributed by atoms with Gasteiger partial charge in [0, 0.05) is 45.8 Å². The fourth-order valence-corrected chi connectivity index (χ4v) is 2.74. The molecule has 1 atom stereocenters. The van der Waals surface area contributed by atoms with Crippen molar-refractivity contribution in [2.75, 3.05) is 59.9 Å². The molecule has 2 rings (SSSR count). The van der Waals surface area contributed by atoms with Crippen molar-refractivity contribution in [1.29, 1.82) is 5.26 Å². The molecule has 2 fully saturated rings. The van der Waals surface area contributed by atoms with Crippen LogP contribution in [0.3, 0.4) is 0 Å². The van der Waals surface area contributed by atoms with Gasteiger partial charge >= 0.3 is 0 Å². The lowest BCUT2D eigenvalue weighted by Crippen LogP contribution is -2.56. The Morgan fingerprint density at radius 2 is 1.79 bits per heavy atom. The van der Waals surface area contributed by atoms with Gasteiger partial charge in [-0.05, 0) is 32.9 Å². The summed E-state index contributed by atoms with van der Waals surface area (Å²) in [6, 6.07) is 2.35. The molecule has 1 saturated heterocycles. The highest BCUT2D eigenvalue weighted by molar-refractivity contribution is 5.14. The molecular weight excluding hydrogens is 238 g/mol. The molecule has 5 heteroatoms. The van der Waals surface area contributed by atoms with E-state index >= 15 is 0 Å². The van der Waals surface area contributed by atoms with Crippen molar-refractivity contribution in [2.24, 2.45) is 11.7 Å². The maximum Gasteiger partial charge on any atom is 0.119 e. The summed E-state index contributed by atoms with van der Waals surface area (Å²) in [5.74, 6) is 0.435. The third-order valence-electron chi connectivity index (χ3n) is 4.33. The molecule has 19 heavy (non-hydrogen) atoms. The Hall–Kier alpha value is -0.670. The van der Waals surface area contributed by atoms with E-state index in [4.69, 9.17) is 5.73 Å². The average Bonchev–Trinajstić information content (AvgIpc) is 3.22. The van der Waals surface area contributed by atoms with Gasteiger partial charge in [0.15, 0.2) is 0 Å². The summed E-state index contributed by atoms with van der Waals surface area (Å²) in [6.07, 6.45) is 2.26. The molecular formula is C14H27N5. The number of rotatable bonds is 6. The minimum Gasteiger partial charge on any atom is -0.312 e. The van der Waals surface area contributed by atoms with Crippen LogP contribution in [-0.4, -0.2) is 80.1 Å². The van der Waals surface area contributed by atoms with E-state index in [1.165, 1.54) is 0 Å². The summed E-state index contributed by atoms with van der Waals surface area (Å²) in [5, 5.41) is 9.31. The van der Waals surface area contributed by atoms with Crippen LogP contribution in [0.25, 0.3) is 0 Å². The van der Waals surface area contributed by atoms with Crippen LogP contribution in [-0.2, 0) is 0 Å². The Balaban J connectivity index is 1.73. The van der Waals surface area contributed by atoms with E-state index in [0.29, 0.717) is 5.92 Å². The van der Waals surface area contributed by atoms with Crippen LogP contribution >= 0.6 is 0 Å². The molecule has 1 heterocycles. The molecule has 5 nitrogen and oxygen atoms in total. The largest absolute Gasteiger partial charge is 0.312 e. The van der Waals surface area contributed by atoms with Gasteiger partial charge in [0.05, 0.1) is 6.07 Å². The maximum atomic E-state index is 9.31. The van der Waals surface area contributed by atoms with Crippen LogP contribution in [0.15, 0.2) is 0 Å². The molecule has 1 aliphatic carbocycles. The normalized spacial score (nSPS) is 25.2. The number of nitrogens with two attached hydrogens (primary N) is 1. The first kappa shape index (κ1) is 14.7. The molecule has 0 aromatic rings. The fourth-order valence-electron chi connectivity index (χ4n) is 2.74. The zero-order chi connectivity index (χ0) is 13.9. The first-order valence-electron chi connectivity index (χ1n) is 7.33. The van der Waals surface area contributed by atoms with Gasteiger partial charge in [-0.3, -0.25) is 9.80 Å². The molecule has 0 amide bonds. The van der Waals surface area contributed by atoms with Gasteiger partial charge in [0.2, 0.25) is 0 Å². The standard InChI is InChI=1S/C14H27N5/c1-17(2)5-6-18-7-9-19(10-8-18)12-14(16,11-15)13-3-4-13/h13H,3-10,12,16H2,1-2H3. The molecule has 0 aromatic carbocycles. The first-order chi connectivity index (χ1) is 9.03. The number of likely N-dealkylation sites (N-methyl/N-ethyl adjacent to an activating group) is 1. The Labute approximate surface area is 116 Å². The Morgan fingerprint density at radius 1 is 1.21 bits per heavy atom. The van der Waals surface area contributed by atoms with Crippen LogP contribution < -0.4 is 5.73 Å². The number of hydrogen-bond donors (Lipinski definition) is 1. The maximum absolute atomic E-state index is 9.31. The highest BCUT2D eigenvalue weighted by Crippen LogP contribution is 2.38. The monoisotopic (exact) mass is 265 g/mol. The minimum absolute atomic E-state index is 0.435. The SMILES string of the molecule is CN(C)CCN1CCN(CC(N)(C#N)C2CC2)CC1. The second kappa shape index (κ2) is 6.19. The van der Waals surface area contributed by atoms with Gasteiger partial charge in [0.25, 0.3) is 0 Å². The van der Waals surface area contributed by atoms with E-state index in [0.717, 1.165) is 58.7 Å². The molecule has 0 aromatic heterocycles. The number of nitrogens with zero attached hydrogens (tertiary/aromatic N) is 4. The summed E-state index contributed by atoms with van der Waals surface area (Å²) < 4.78 is 0. The topological polar surface area (TPSA) is 59.5 Å². The van der Waals surface area contributed by atoms with Crippen LogP contribution in [0.2, 0.25) is 0 Å². The van der Waals surface area contributed by atoms with E-state index < -0.39 is 5.54 Å².